The Hall–Kier alpha value is -3.13. The van der Waals surface area contributed by atoms with Crippen molar-refractivity contribution < 1.29 is 14.4 Å². The fourth-order valence-electron chi connectivity index (χ4n) is 2.96. The molecule has 116 valence electrons. The summed E-state index contributed by atoms with van der Waals surface area (Å²) in [5, 5.41) is 32.8. The lowest BCUT2D eigenvalue weighted by Crippen LogP contribution is -2.10. The van der Waals surface area contributed by atoms with Gasteiger partial charge < -0.3 is 9.52 Å². The Morgan fingerprint density at radius 1 is 1.39 bits per heavy atom. The number of rotatable bonds is 3. The van der Waals surface area contributed by atoms with Gasteiger partial charge in [0.1, 0.15) is 10.9 Å². The Morgan fingerprint density at radius 3 is 2.91 bits per heavy atom. The van der Waals surface area contributed by atoms with Gasteiger partial charge in [0.2, 0.25) is 5.58 Å². The molecule has 0 saturated heterocycles. The Bertz CT molecular complexity index is 1140. The molecule has 2 aromatic carbocycles. The predicted molar refractivity (Wildman–Crippen MR) is 83.2 cm³/mol. The summed E-state index contributed by atoms with van der Waals surface area (Å²) in [6.45, 7) is 0.192. The maximum absolute atomic E-state index is 11.4. The first-order valence-electron chi connectivity index (χ1n) is 6.98. The van der Waals surface area contributed by atoms with E-state index < -0.39 is 4.92 Å². The zero-order valence-corrected chi connectivity index (χ0v) is 11.9. The second-order valence-electron chi connectivity index (χ2n) is 5.21. The van der Waals surface area contributed by atoms with Crippen molar-refractivity contribution in [2.24, 2.45) is 0 Å². The fourth-order valence-corrected chi connectivity index (χ4v) is 2.96. The van der Waals surface area contributed by atoms with E-state index >= 15 is 0 Å². The van der Waals surface area contributed by atoms with Crippen molar-refractivity contribution in [2.45, 2.75) is 6.54 Å². The van der Waals surface area contributed by atoms with Crippen LogP contribution in [0.1, 0.15) is 0 Å². The summed E-state index contributed by atoms with van der Waals surface area (Å²) in [5.74, 6) is 0. The Labute approximate surface area is 128 Å². The number of para-hydroxylation sites is 1. The highest BCUT2D eigenvalue weighted by Crippen LogP contribution is 2.35. The van der Waals surface area contributed by atoms with E-state index in [0.717, 1.165) is 5.39 Å². The summed E-state index contributed by atoms with van der Waals surface area (Å²) < 4.78 is 7.42. The normalized spacial score (nSPS) is 11.7. The number of aliphatic hydroxyl groups excluding tert-OH is 1. The summed E-state index contributed by atoms with van der Waals surface area (Å²) in [6, 6.07) is 8.63. The Morgan fingerprint density at radius 2 is 2.17 bits per heavy atom. The number of hydrogen-bond acceptors (Lipinski definition) is 5. The second-order valence-corrected chi connectivity index (χ2v) is 5.21. The van der Waals surface area contributed by atoms with Gasteiger partial charge in [-0.3, -0.25) is 25.3 Å². The van der Waals surface area contributed by atoms with E-state index in [1.165, 1.54) is 6.07 Å². The smallest absolute Gasteiger partial charge is 0.337 e. The van der Waals surface area contributed by atoms with Gasteiger partial charge in [0.05, 0.1) is 34.5 Å². The van der Waals surface area contributed by atoms with Crippen molar-refractivity contribution in [3.63, 3.8) is 0 Å². The van der Waals surface area contributed by atoms with E-state index in [4.69, 9.17) is 9.83 Å². The first-order chi connectivity index (χ1) is 11.1. The number of benzene rings is 2. The summed E-state index contributed by atoms with van der Waals surface area (Å²) in [4.78, 5) is 10.8. The van der Waals surface area contributed by atoms with Crippen LogP contribution >= 0.6 is 0 Å². The van der Waals surface area contributed by atoms with Crippen LogP contribution in [0.2, 0.25) is 0 Å². The van der Waals surface area contributed by atoms with Crippen LogP contribution in [-0.4, -0.2) is 26.4 Å². The standard InChI is InChI=1S/C15H12N4O4/c16-9-7-10-12-13(17-18(10)5-6-20)8-3-1-2-4-11(8)23-15(12)14(9)19(21)22/h1-4,7,16-17,20H,5-6H2. The van der Waals surface area contributed by atoms with E-state index in [9.17, 15) is 15.2 Å². The molecule has 2 aromatic heterocycles. The molecule has 4 aromatic rings. The van der Waals surface area contributed by atoms with Crippen molar-refractivity contribution in [2.75, 3.05) is 6.61 Å². The van der Waals surface area contributed by atoms with Crippen LogP contribution in [-0.2, 0) is 6.54 Å². The van der Waals surface area contributed by atoms with Crippen molar-refractivity contribution in [1.82, 2.24) is 9.78 Å². The molecule has 0 fully saturated rings. The molecule has 23 heavy (non-hydrogen) atoms. The quantitative estimate of drug-likeness (QED) is 0.305. The first-order valence-corrected chi connectivity index (χ1v) is 6.98. The predicted octanol–water partition coefficient (Wildman–Crippen LogP) is 2.25. The number of nitro benzene ring substituents is 1. The van der Waals surface area contributed by atoms with Gasteiger partial charge in [-0.25, -0.2) is 0 Å². The maximum Gasteiger partial charge on any atom is 0.337 e. The van der Waals surface area contributed by atoms with Crippen LogP contribution < -0.4 is 5.36 Å². The van der Waals surface area contributed by atoms with Gasteiger partial charge in [0.15, 0.2) is 0 Å². The molecule has 0 saturated carbocycles. The van der Waals surface area contributed by atoms with Crippen LogP contribution in [0.25, 0.3) is 33.0 Å². The van der Waals surface area contributed by atoms with Gasteiger partial charge in [-0.15, -0.1) is 0 Å². The number of non-ortho nitro benzene ring substituents is 1. The highest BCUT2D eigenvalue weighted by atomic mass is 16.6. The van der Waals surface area contributed by atoms with Crippen LogP contribution in [0.3, 0.4) is 0 Å². The number of aromatic amines is 1. The van der Waals surface area contributed by atoms with E-state index in [2.05, 4.69) is 5.10 Å². The lowest BCUT2D eigenvalue weighted by Gasteiger charge is -2.03. The largest absolute Gasteiger partial charge is 0.449 e. The molecule has 2 heterocycles. The number of H-pyrrole nitrogens is 1. The number of aliphatic hydroxyl groups is 1. The zero-order valence-electron chi connectivity index (χ0n) is 11.9. The second kappa shape index (κ2) is 4.68. The molecule has 3 N–H and O–H groups in total. The topological polar surface area (TPSA) is 121 Å². The monoisotopic (exact) mass is 312 g/mol. The van der Waals surface area contributed by atoms with E-state index in [-0.39, 0.29) is 29.8 Å². The van der Waals surface area contributed by atoms with Crippen LogP contribution in [0.15, 0.2) is 34.7 Å². The van der Waals surface area contributed by atoms with E-state index in [0.29, 0.717) is 22.0 Å². The number of fused-ring (bicyclic) bond motifs is 2. The molecule has 8 nitrogen and oxygen atoms in total. The molecule has 4 rings (SSSR count). The molecule has 0 unspecified atom stereocenters. The maximum atomic E-state index is 11.4. The third kappa shape index (κ3) is 1.78. The molecule has 8 heteroatoms. The van der Waals surface area contributed by atoms with Crippen molar-refractivity contribution in [3.05, 3.63) is 45.8 Å². The molecular formula is C15H12N4O4. The Kier molecular flexibility index (Phi) is 2.75. The van der Waals surface area contributed by atoms with Gasteiger partial charge >= 0.3 is 5.69 Å². The number of nitrogens with one attached hydrogen (secondary N) is 2. The third-order valence-electron chi connectivity index (χ3n) is 3.90. The van der Waals surface area contributed by atoms with Gasteiger partial charge in [-0.1, -0.05) is 12.1 Å². The van der Waals surface area contributed by atoms with Crippen LogP contribution in [0.4, 0.5) is 5.69 Å². The van der Waals surface area contributed by atoms with E-state index in [1.54, 1.807) is 16.8 Å². The molecule has 0 bridgehead atoms. The molecule has 0 aliphatic rings. The number of hydrogen-bond donors (Lipinski definition) is 3. The SMILES string of the molecule is N=c1cc2c3c(oc4ccccc4c3[nH]n2CCO)c1[N+](=O)[O-]. The van der Waals surface area contributed by atoms with E-state index in [1.807, 2.05) is 12.1 Å². The number of aromatic nitrogens is 2. The molecule has 0 aliphatic carbocycles. The molecule has 0 amide bonds. The van der Waals surface area contributed by atoms with Crippen LogP contribution in [0.5, 0.6) is 0 Å². The number of nitrogens with zero attached hydrogens (tertiary/aromatic N) is 2. The minimum absolute atomic E-state index is 0.0686. The lowest BCUT2D eigenvalue weighted by molar-refractivity contribution is -0.385. The van der Waals surface area contributed by atoms with Gasteiger partial charge in [0, 0.05) is 5.39 Å². The van der Waals surface area contributed by atoms with Gasteiger partial charge in [-0.05, 0) is 18.2 Å². The summed E-state index contributed by atoms with van der Waals surface area (Å²) >= 11 is 0. The number of nitro groups is 1. The minimum atomic E-state index is -0.599. The lowest BCUT2D eigenvalue weighted by atomic mass is 10.1. The molecule has 0 spiro atoms. The summed E-state index contributed by atoms with van der Waals surface area (Å²) in [5.41, 5.74) is 1.48. The highest BCUT2D eigenvalue weighted by molar-refractivity contribution is 6.17. The van der Waals surface area contributed by atoms with Crippen LogP contribution in [0, 0.1) is 15.5 Å². The van der Waals surface area contributed by atoms with Crippen molar-refractivity contribution in [1.29, 1.82) is 5.41 Å². The molecule has 0 radical (unpaired) electrons. The van der Waals surface area contributed by atoms with Gasteiger partial charge in [0.25, 0.3) is 0 Å². The fraction of sp³-hybridized carbons (Fsp3) is 0.133. The van der Waals surface area contributed by atoms with Crippen molar-refractivity contribution in [3.8, 4) is 0 Å². The third-order valence-corrected chi connectivity index (χ3v) is 3.90. The summed E-state index contributed by atoms with van der Waals surface area (Å²) in [7, 11) is 0. The van der Waals surface area contributed by atoms with Crippen molar-refractivity contribution >= 4 is 38.7 Å². The Balaban J connectivity index is 2.33. The molecule has 0 atom stereocenters. The zero-order chi connectivity index (χ0) is 16.1. The average Bonchev–Trinajstić information content (AvgIpc) is 2.87. The van der Waals surface area contributed by atoms with Gasteiger partial charge in [-0.2, -0.15) is 0 Å². The molecular weight excluding hydrogens is 300 g/mol. The summed E-state index contributed by atoms with van der Waals surface area (Å²) in [6.07, 6.45) is 0. The average molecular weight is 312 g/mol. The first kappa shape index (κ1) is 13.5. The molecule has 0 aliphatic heterocycles. The minimum Gasteiger partial charge on any atom is -0.449 e. The highest BCUT2D eigenvalue weighted by Gasteiger charge is 2.24.